The summed E-state index contributed by atoms with van der Waals surface area (Å²) >= 11 is 0. The standard InChI is InChI=1S/C17H17NO3/c19-13-3-4-14-12(8-13)2-5-15(14)18-9-11-1-6-16-17(7-11)21-10-20-16/h1,3-4,6-8,15,18-19H,2,5,9-10H2. The predicted octanol–water partition coefficient (Wildman–Crippen LogP) is 2.90. The maximum absolute atomic E-state index is 9.53. The van der Waals surface area contributed by atoms with E-state index >= 15 is 0 Å². The fraction of sp³-hybridized carbons (Fsp3) is 0.294. The monoisotopic (exact) mass is 283 g/mol. The topological polar surface area (TPSA) is 50.7 Å². The van der Waals surface area contributed by atoms with Gasteiger partial charge in [-0.15, -0.1) is 0 Å². The highest BCUT2D eigenvalue weighted by Gasteiger charge is 2.22. The fourth-order valence-electron chi connectivity index (χ4n) is 3.11. The summed E-state index contributed by atoms with van der Waals surface area (Å²) in [4.78, 5) is 0. The van der Waals surface area contributed by atoms with Crippen molar-refractivity contribution in [3.05, 3.63) is 53.1 Å². The van der Waals surface area contributed by atoms with Gasteiger partial charge < -0.3 is 19.9 Å². The summed E-state index contributed by atoms with van der Waals surface area (Å²) in [6, 6.07) is 12.1. The average Bonchev–Trinajstić information content (AvgIpc) is 3.10. The van der Waals surface area contributed by atoms with Crippen LogP contribution >= 0.6 is 0 Å². The smallest absolute Gasteiger partial charge is 0.231 e. The van der Waals surface area contributed by atoms with Gasteiger partial charge in [-0.25, -0.2) is 0 Å². The highest BCUT2D eigenvalue weighted by atomic mass is 16.7. The first-order valence-electron chi connectivity index (χ1n) is 7.23. The minimum absolute atomic E-state index is 0.311. The van der Waals surface area contributed by atoms with E-state index in [1.165, 1.54) is 16.7 Å². The third-order valence-corrected chi connectivity index (χ3v) is 4.19. The van der Waals surface area contributed by atoms with Crippen LogP contribution < -0.4 is 14.8 Å². The van der Waals surface area contributed by atoms with Crippen LogP contribution in [-0.2, 0) is 13.0 Å². The van der Waals surface area contributed by atoms with Crippen LogP contribution in [0.1, 0.15) is 29.2 Å². The molecule has 4 rings (SSSR count). The molecule has 0 fully saturated rings. The lowest BCUT2D eigenvalue weighted by molar-refractivity contribution is 0.174. The Hall–Kier alpha value is -2.20. The molecule has 2 aromatic carbocycles. The summed E-state index contributed by atoms with van der Waals surface area (Å²) in [5.41, 5.74) is 3.73. The number of rotatable bonds is 3. The summed E-state index contributed by atoms with van der Waals surface area (Å²) in [5.74, 6) is 2.00. The number of hydrogen-bond acceptors (Lipinski definition) is 4. The van der Waals surface area contributed by atoms with E-state index in [9.17, 15) is 5.11 Å². The second-order valence-corrected chi connectivity index (χ2v) is 5.54. The molecule has 0 spiro atoms. The van der Waals surface area contributed by atoms with Gasteiger partial charge in [0.2, 0.25) is 6.79 Å². The number of hydrogen-bond donors (Lipinski definition) is 2. The number of phenols is 1. The van der Waals surface area contributed by atoms with Crippen LogP contribution in [-0.4, -0.2) is 11.9 Å². The summed E-state index contributed by atoms with van der Waals surface area (Å²) in [5, 5.41) is 13.1. The lowest BCUT2D eigenvalue weighted by Crippen LogP contribution is -2.18. The third-order valence-electron chi connectivity index (χ3n) is 4.19. The van der Waals surface area contributed by atoms with Gasteiger partial charge in [-0.2, -0.15) is 0 Å². The van der Waals surface area contributed by atoms with Crippen LogP contribution in [0, 0.1) is 0 Å². The zero-order valence-electron chi connectivity index (χ0n) is 11.6. The Kier molecular flexibility index (Phi) is 2.97. The first-order valence-corrected chi connectivity index (χ1v) is 7.23. The molecule has 108 valence electrons. The van der Waals surface area contributed by atoms with Gasteiger partial charge in [0.1, 0.15) is 5.75 Å². The van der Waals surface area contributed by atoms with Crippen molar-refractivity contribution in [2.24, 2.45) is 0 Å². The van der Waals surface area contributed by atoms with Crippen LogP contribution in [0.4, 0.5) is 0 Å². The molecular formula is C17H17NO3. The number of aryl methyl sites for hydroxylation is 1. The molecule has 0 saturated heterocycles. The zero-order valence-corrected chi connectivity index (χ0v) is 11.6. The second-order valence-electron chi connectivity index (χ2n) is 5.54. The van der Waals surface area contributed by atoms with Crippen molar-refractivity contribution in [2.45, 2.75) is 25.4 Å². The molecule has 1 unspecified atom stereocenters. The maximum atomic E-state index is 9.53. The number of fused-ring (bicyclic) bond motifs is 2. The fourth-order valence-corrected chi connectivity index (χ4v) is 3.11. The first kappa shape index (κ1) is 12.5. The predicted molar refractivity (Wildman–Crippen MR) is 78.6 cm³/mol. The minimum atomic E-state index is 0.311. The van der Waals surface area contributed by atoms with Gasteiger partial charge in [-0.05, 0) is 53.8 Å². The average molecular weight is 283 g/mol. The summed E-state index contributed by atoms with van der Waals surface area (Å²) < 4.78 is 10.7. The number of nitrogens with one attached hydrogen (secondary N) is 1. The van der Waals surface area contributed by atoms with Crippen LogP contribution in [0.3, 0.4) is 0 Å². The lowest BCUT2D eigenvalue weighted by atomic mass is 10.1. The molecule has 0 bridgehead atoms. The van der Waals surface area contributed by atoms with Gasteiger partial charge in [0.05, 0.1) is 0 Å². The second kappa shape index (κ2) is 4.97. The van der Waals surface area contributed by atoms with Gasteiger partial charge in [0, 0.05) is 12.6 Å². The van der Waals surface area contributed by atoms with Crippen molar-refractivity contribution < 1.29 is 14.6 Å². The van der Waals surface area contributed by atoms with Crippen LogP contribution in [0.2, 0.25) is 0 Å². The summed E-state index contributed by atoms with van der Waals surface area (Å²) in [6.07, 6.45) is 2.09. The van der Waals surface area contributed by atoms with E-state index in [2.05, 4.69) is 11.4 Å². The minimum Gasteiger partial charge on any atom is -0.508 e. The Morgan fingerprint density at radius 1 is 1.10 bits per heavy atom. The first-order chi connectivity index (χ1) is 10.3. The molecule has 1 aliphatic carbocycles. The van der Waals surface area contributed by atoms with E-state index in [0.717, 1.165) is 30.9 Å². The van der Waals surface area contributed by atoms with E-state index in [4.69, 9.17) is 9.47 Å². The molecule has 0 radical (unpaired) electrons. The van der Waals surface area contributed by atoms with Gasteiger partial charge in [-0.1, -0.05) is 12.1 Å². The molecule has 1 atom stereocenters. The van der Waals surface area contributed by atoms with Gasteiger partial charge >= 0.3 is 0 Å². The summed E-state index contributed by atoms with van der Waals surface area (Å²) in [7, 11) is 0. The maximum Gasteiger partial charge on any atom is 0.231 e. The highest BCUT2D eigenvalue weighted by Crippen LogP contribution is 2.35. The van der Waals surface area contributed by atoms with Crippen molar-refractivity contribution in [3.63, 3.8) is 0 Å². The lowest BCUT2D eigenvalue weighted by Gasteiger charge is -2.14. The molecule has 0 aromatic heterocycles. The molecule has 2 aliphatic rings. The van der Waals surface area contributed by atoms with Gasteiger partial charge in [-0.3, -0.25) is 0 Å². The Morgan fingerprint density at radius 2 is 2.00 bits per heavy atom. The molecule has 0 amide bonds. The van der Waals surface area contributed by atoms with Crippen molar-refractivity contribution in [3.8, 4) is 17.2 Å². The Labute approximate surface area is 123 Å². The molecule has 4 nitrogen and oxygen atoms in total. The van der Waals surface area contributed by atoms with Crippen molar-refractivity contribution in [2.75, 3.05) is 6.79 Å². The van der Waals surface area contributed by atoms with Crippen molar-refractivity contribution in [1.82, 2.24) is 5.32 Å². The summed E-state index contributed by atoms with van der Waals surface area (Å²) in [6.45, 7) is 1.10. The largest absolute Gasteiger partial charge is 0.508 e. The van der Waals surface area contributed by atoms with Crippen LogP contribution in [0.25, 0.3) is 0 Å². The molecule has 1 aliphatic heterocycles. The van der Waals surface area contributed by atoms with E-state index in [1.807, 2.05) is 24.3 Å². The third kappa shape index (κ3) is 2.32. The molecular weight excluding hydrogens is 266 g/mol. The van der Waals surface area contributed by atoms with E-state index < -0.39 is 0 Å². The van der Waals surface area contributed by atoms with E-state index in [0.29, 0.717) is 18.6 Å². The molecule has 2 aromatic rings. The van der Waals surface area contributed by atoms with Gasteiger partial charge in [0.15, 0.2) is 11.5 Å². The molecule has 0 saturated carbocycles. The van der Waals surface area contributed by atoms with Crippen LogP contribution in [0.5, 0.6) is 17.2 Å². The van der Waals surface area contributed by atoms with Crippen molar-refractivity contribution >= 4 is 0 Å². The van der Waals surface area contributed by atoms with E-state index in [1.54, 1.807) is 6.07 Å². The number of phenolic OH excluding ortho intramolecular Hbond substituents is 1. The Bertz CT molecular complexity index is 684. The molecule has 2 N–H and O–H groups in total. The highest BCUT2D eigenvalue weighted by molar-refractivity contribution is 5.44. The van der Waals surface area contributed by atoms with Crippen molar-refractivity contribution in [1.29, 1.82) is 0 Å². The normalized spacial score (nSPS) is 18.8. The molecule has 21 heavy (non-hydrogen) atoms. The quantitative estimate of drug-likeness (QED) is 0.909. The van der Waals surface area contributed by atoms with Gasteiger partial charge in [0.25, 0.3) is 0 Å². The van der Waals surface area contributed by atoms with E-state index in [-0.39, 0.29) is 0 Å². The Balaban J connectivity index is 1.46. The number of benzene rings is 2. The molecule has 4 heteroatoms. The van der Waals surface area contributed by atoms with Crippen LogP contribution in [0.15, 0.2) is 36.4 Å². The molecule has 1 heterocycles. The SMILES string of the molecule is Oc1ccc2c(c1)CCC2NCc1ccc2c(c1)OCO2. The number of aromatic hydroxyl groups is 1. The number of ether oxygens (including phenoxy) is 2. The zero-order chi connectivity index (χ0) is 14.2. The Morgan fingerprint density at radius 3 is 2.95 bits per heavy atom.